The highest BCUT2D eigenvalue weighted by Gasteiger charge is 2.23. The van der Waals surface area contributed by atoms with Gasteiger partial charge >= 0.3 is 0 Å². The molecule has 0 saturated carbocycles. The van der Waals surface area contributed by atoms with Crippen molar-refractivity contribution in [1.82, 2.24) is 5.43 Å². The Morgan fingerprint density at radius 3 is 2.81 bits per heavy atom. The van der Waals surface area contributed by atoms with E-state index in [4.69, 9.17) is 32.7 Å². The summed E-state index contributed by atoms with van der Waals surface area (Å²) in [5, 5.41) is 4.32. The van der Waals surface area contributed by atoms with E-state index in [1.807, 2.05) is 0 Å². The number of hydrogen-bond acceptors (Lipinski definition) is 4. The van der Waals surface area contributed by atoms with Crippen molar-refractivity contribution in [2.75, 3.05) is 0 Å². The summed E-state index contributed by atoms with van der Waals surface area (Å²) in [7, 11) is 0. The van der Waals surface area contributed by atoms with E-state index in [1.165, 1.54) is 12.1 Å². The van der Waals surface area contributed by atoms with Gasteiger partial charge in [-0.3, -0.25) is 4.79 Å². The normalized spacial score (nSPS) is 16.6. The number of rotatable bonds is 4. The van der Waals surface area contributed by atoms with E-state index in [0.29, 0.717) is 15.2 Å². The molecule has 0 aliphatic carbocycles. The molecule has 2 aromatic carbocycles. The van der Waals surface area contributed by atoms with Crippen molar-refractivity contribution < 1.29 is 18.7 Å². The Morgan fingerprint density at radius 2 is 2.12 bits per heavy atom. The predicted molar refractivity (Wildman–Crippen MR) is 100 cm³/mol. The molecule has 1 amide bonds. The van der Waals surface area contributed by atoms with Crippen molar-refractivity contribution in [1.29, 1.82) is 0 Å². The standard InChI is InChI=1S/C17H12BrCl2FN2O3/c1-8-17(24)23-22-14(25-8)4-9-2-3-13(20)16(15(9)21)26-12-6-10(18)5-11(19)7-12/h2-3,5-8H,4H2,1H3,(H,23,24). The van der Waals surface area contributed by atoms with Crippen LogP contribution < -0.4 is 10.2 Å². The van der Waals surface area contributed by atoms with E-state index in [1.54, 1.807) is 25.1 Å². The molecule has 2 aromatic rings. The van der Waals surface area contributed by atoms with Crippen LogP contribution in [0.15, 0.2) is 39.9 Å². The number of hydrogen-bond donors (Lipinski definition) is 1. The molecule has 5 nitrogen and oxygen atoms in total. The van der Waals surface area contributed by atoms with Gasteiger partial charge < -0.3 is 9.47 Å². The highest BCUT2D eigenvalue weighted by atomic mass is 79.9. The van der Waals surface area contributed by atoms with Crippen molar-refractivity contribution >= 4 is 50.9 Å². The van der Waals surface area contributed by atoms with E-state index in [0.717, 1.165) is 0 Å². The number of carbonyl (C=O) groups excluding carboxylic acids is 1. The fourth-order valence-corrected chi connectivity index (χ4v) is 3.26. The molecule has 1 N–H and O–H groups in total. The van der Waals surface area contributed by atoms with Crippen LogP contribution in [-0.4, -0.2) is 17.9 Å². The number of nitrogens with zero attached hydrogens (tertiary/aromatic N) is 1. The Labute approximate surface area is 167 Å². The van der Waals surface area contributed by atoms with Crippen LogP contribution in [-0.2, 0) is 16.0 Å². The van der Waals surface area contributed by atoms with E-state index in [2.05, 4.69) is 26.5 Å². The van der Waals surface area contributed by atoms with Gasteiger partial charge in [0.2, 0.25) is 5.90 Å². The van der Waals surface area contributed by atoms with Crippen molar-refractivity contribution in [2.45, 2.75) is 19.4 Å². The Bertz CT molecular complexity index is 888. The second-order valence-corrected chi connectivity index (χ2v) is 7.23. The average Bonchev–Trinajstić information content (AvgIpc) is 2.56. The van der Waals surface area contributed by atoms with E-state index < -0.39 is 11.9 Å². The van der Waals surface area contributed by atoms with E-state index in [9.17, 15) is 9.18 Å². The minimum Gasteiger partial charge on any atom is -0.466 e. The number of ether oxygens (including phenoxy) is 2. The number of amides is 1. The molecule has 1 aliphatic rings. The maximum absolute atomic E-state index is 14.9. The first-order valence-electron chi connectivity index (χ1n) is 7.47. The first-order valence-corrected chi connectivity index (χ1v) is 9.02. The fraction of sp³-hybridized carbons (Fsp3) is 0.176. The van der Waals surface area contributed by atoms with Gasteiger partial charge in [-0.15, -0.1) is 5.10 Å². The summed E-state index contributed by atoms with van der Waals surface area (Å²) < 4.78 is 26.5. The topological polar surface area (TPSA) is 59.9 Å². The molecule has 9 heteroatoms. The first-order chi connectivity index (χ1) is 12.3. The third-order valence-corrected chi connectivity index (χ3v) is 4.47. The van der Waals surface area contributed by atoms with Gasteiger partial charge in [-0.05, 0) is 31.2 Å². The lowest BCUT2D eigenvalue weighted by atomic mass is 10.1. The van der Waals surface area contributed by atoms with Gasteiger partial charge in [0.1, 0.15) is 5.75 Å². The summed E-state index contributed by atoms with van der Waals surface area (Å²) in [6.45, 7) is 1.58. The van der Waals surface area contributed by atoms with E-state index in [-0.39, 0.29) is 34.6 Å². The molecule has 0 radical (unpaired) electrons. The lowest BCUT2D eigenvalue weighted by Crippen LogP contribution is -2.39. The Kier molecular flexibility index (Phi) is 5.70. The summed E-state index contributed by atoms with van der Waals surface area (Å²) in [5.41, 5.74) is 2.58. The summed E-state index contributed by atoms with van der Waals surface area (Å²) >= 11 is 15.4. The molecule has 0 aromatic heterocycles. The van der Waals surface area contributed by atoms with Crippen LogP contribution in [0.5, 0.6) is 11.5 Å². The molecular weight excluding hydrogens is 450 g/mol. The molecule has 1 aliphatic heterocycles. The van der Waals surface area contributed by atoms with Crippen LogP contribution in [0.2, 0.25) is 10.0 Å². The maximum Gasteiger partial charge on any atom is 0.280 e. The van der Waals surface area contributed by atoms with Crippen LogP contribution >= 0.6 is 39.1 Å². The van der Waals surface area contributed by atoms with Gasteiger partial charge in [0, 0.05) is 15.1 Å². The molecule has 3 rings (SSSR count). The number of hydrazone groups is 1. The van der Waals surface area contributed by atoms with Gasteiger partial charge in [0.15, 0.2) is 17.7 Å². The zero-order chi connectivity index (χ0) is 18.8. The summed E-state index contributed by atoms with van der Waals surface area (Å²) in [6, 6.07) is 7.88. The van der Waals surface area contributed by atoms with Crippen LogP contribution in [0.3, 0.4) is 0 Å². The maximum atomic E-state index is 14.9. The number of halogens is 4. The van der Waals surface area contributed by atoms with Gasteiger partial charge in [0.25, 0.3) is 5.91 Å². The minimum atomic E-state index is -0.697. The van der Waals surface area contributed by atoms with Crippen LogP contribution in [0.4, 0.5) is 4.39 Å². The molecule has 1 atom stereocenters. The summed E-state index contributed by atoms with van der Waals surface area (Å²) in [5.74, 6) is -0.624. The molecule has 1 unspecified atom stereocenters. The molecule has 0 spiro atoms. The third kappa shape index (κ3) is 4.28. The van der Waals surface area contributed by atoms with Crippen molar-refractivity contribution in [3.05, 3.63) is 56.2 Å². The van der Waals surface area contributed by atoms with E-state index >= 15 is 0 Å². The highest BCUT2D eigenvalue weighted by Crippen LogP contribution is 2.36. The molecular formula is C17H12BrCl2FN2O3. The van der Waals surface area contributed by atoms with Crippen LogP contribution in [0.1, 0.15) is 12.5 Å². The lowest BCUT2D eigenvalue weighted by Gasteiger charge is -2.20. The third-order valence-electron chi connectivity index (χ3n) is 3.50. The Balaban J connectivity index is 1.88. The zero-order valence-corrected chi connectivity index (χ0v) is 16.5. The van der Waals surface area contributed by atoms with Crippen LogP contribution in [0.25, 0.3) is 0 Å². The summed E-state index contributed by atoms with van der Waals surface area (Å²) in [4.78, 5) is 11.3. The number of carbonyl (C=O) groups is 1. The van der Waals surface area contributed by atoms with Gasteiger partial charge in [-0.25, -0.2) is 9.82 Å². The van der Waals surface area contributed by atoms with Gasteiger partial charge in [-0.2, -0.15) is 0 Å². The quantitative estimate of drug-likeness (QED) is 0.690. The number of benzene rings is 2. The fourth-order valence-electron chi connectivity index (χ4n) is 2.25. The van der Waals surface area contributed by atoms with Crippen molar-refractivity contribution in [2.24, 2.45) is 5.10 Å². The molecule has 0 fully saturated rings. The SMILES string of the molecule is CC1OC(Cc2ccc(Cl)c(Oc3cc(Cl)cc(Br)c3)c2F)=NNC1=O. The van der Waals surface area contributed by atoms with Crippen molar-refractivity contribution in [3.63, 3.8) is 0 Å². The lowest BCUT2D eigenvalue weighted by molar-refractivity contribution is -0.129. The molecule has 0 saturated heterocycles. The summed E-state index contributed by atoms with van der Waals surface area (Å²) in [6.07, 6.45) is -0.666. The zero-order valence-electron chi connectivity index (χ0n) is 13.4. The second-order valence-electron chi connectivity index (χ2n) is 5.48. The molecule has 26 heavy (non-hydrogen) atoms. The first kappa shape index (κ1) is 18.9. The predicted octanol–water partition coefficient (Wildman–Crippen LogP) is 5.08. The second kappa shape index (κ2) is 7.82. The Hall–Kier alpha value is -1.83. The van der Waals surface area contributed by atoms with Crippen molar-refractivity contribution in [3.8, 4) is 11.5 Å². The monoisotopic (exact) mass is 460 g/mol. The molecule has 136 valence electrons. The minimum absolute atomic E-state index is 0.0310. The smallest absolute Gasteiger partial charge is 0.280 e. The average molecular weight is 462 g/mol. The van der Waals surface area contributed by atoms with Gasteiger partial charge in [-0.1, -0.05) is 45.2 Å². The van der Waals surface area contributed by atoms with Crippen LogP contribution in [0, 0.1) is 5.82 Å². The molecule has 1 heterocycles. The molecule has 0 bridgehead atoms. The largest absolute Gasteiger partial charge is 0.466 e. The van der Waals surface area contributed by atoms with Gasteiger partial charge in [0.05, 0.1) is 11.4 Å². The highest BCUT2D eigenvalue weighted by molar-refractivity contribution is 9.10. The Morgan fingerprint density at radius 1 is 1.35 bits per heavy atom. The number of nitrogens with one attached hydrogen (secondary N) is 1.